The Balaban J connectivity index is 1.42. The molecule has 2 aliphatic rings. The molecule has 0 bridgehead atoms. The van der Waals surface area contributed by atoms with Crippen LogP contribution in [-0.4, -0.2) is 30.4 Å². The quantitative estimate of drug-likeness (QED) is 0.727. The predicted molar refractivity (Wildman–Crippen MR) is 99.2 cm³/mol. The zero-order chi connectivity index (χ0) is 17.8. The van der Waals surface area contributed by atoms with Gasteiger partial charge in [0.15, 0.2) is 0 Å². The van der Waals surface area contributed by atoms with Gasteiger partial charge in [-0.2, -0.15) is 0 Å². The Labute approximate surface area is 152 Å². The zero-order valence-electron chi connectivity index (χ0n) is 15.3. The highest BCUT2D eigenvalue weighted by atomic mass is 16.1. The normalized spacial score (nSPS) is 17.6. The summed E-state index contributed by atoms with van der Waals surface area (Å²) in [6, 6.07) is 5.54. The van der Waals surface area contributed by atoms with E-state index in [0.717, 1.165) is 36.4 Å². The Morgan fingerprint density at radius 3 is 2.92 bits per heavy atom. The maximum absolute atomic E-state index is 12.4. The van der Waals surface area contributed by atoms with E-state index in [2.05, 4.69) is 16.5 Å². The number of pyridine rings is 1. The summed E-state index contributed by atoms with van der Waals surface area (Å²) in [4.78, 5) is 24.4. The summed E-state index contributed by atoms with van der Waals surface area (Å²) in [5, 5.41) is 0. The van der Waals surface area contributed by atoms with Crippen molar-refractivity contribution in [3.05, 3.63) is 63.2 Å². The van der Waals surface area contributed by atoms with Gasteiger partial charge in [0.2, 0.25) is 0 Å². The Bertz CT molecular complexity index is 1060. The van der Waals surface area contributed by atoms with Crippen molar-refractivity contribution in [1.82, 2.24) is 23.8 Å². The topological polar surface area (TPSA) is 55.4 Å². The Morgan fingerprint density at radius 2 is 2.12 bits per heavy atom. The van der Waals surface area contributed by atoms with Crippen LogP contribution in [0.4, 0.5) is 0 Å². The molecule has 1 aliphatic heterocycles. The molecule has 3 aromatic rings. The summed E-state index contributed by atoms with van der Waals surface area (Å²) >= 11 is 0. The molecule has 0 aromatic carbocycles. The molecule has 0 unspecified atom stereocenters. The second kappa shape index (κ2) is 5.77. The van der Waals surface area contributed by atoms with Crippen molar-refractivity contribution < 1.29 is 0 Å². The number of hydrogen-bond acceptors (Lipinski definition) is 4. The van der Waals surface area contributed by atoms with Crippen LogP contribution in [-0.2, 0) is 26.6 Å². The lowest BCUT2D eigenvalue weighted by Gasteiger charge is -2.26. The van der Waals surface area contributed by atoms with Crippen molar-refractivity contribution in [1.29, 1.82) is 0 Å². The lowest BCUT2D eigenvalue weighted by atomic mass is 10.1. The Morgan fingerprint density at radius 1 is 1.27 bits per heavy atom. The first-order valence-electron chi connectivity index (χ1n) is 9.35. The summed E-state index contributed by atoms with van der Waals surface area (Å²) in [5.41, 5.74) is 5.18. The molecule has 3 aromatic heterocycles. The van der Waals surface area contributed by atoms with Crippen LogP contribution in [0.15, 0.2) is 29.2 Å². The summed E-state index contributed by atoms with van der Waals surface area (Å²) in [7, 11) is 2.16. The number of hydrogen-bond donors (Lipinski definition) is 0. The lowest BCUT2D eigenvalue weighted by Crippen LogP contribution is -2.31. The highest BCUT2D eigenvalue weighted by molar-refractivity contribution is 5.46. The van der Waals surface area contributed by atoms with Crippen molar-refractivity contribution in [3.8, 4) is 0 Å². The fourth-order valence-electron chi connectivity index (χ4n) is 4.06. The van der Waals surface area contributed by atoms with E-state index in [1.54, 1.807) is 16.7 Å². The van der Waals surface area contributed by atoms with E-state index in [4.69, 9.17) is 9.97 Å². The van der Waals surface area contributed by atoms with E-state index in [9.17, 15) is 4.79 Å². The molecular weight excluding hydrogens is 326 g/mol. The lowest BCUT2D eigenvalue weighted by molar-refractivity contribution is 0.237. The van der Waals surface area contributed by atoms with E-state index < -0.39 is 0 Å². The number of aryl methyl sites for hydroxylation is 1. The van der Waals surface area contributed by atoms with E-state index in [1.807, 2.05) is 19.1 Å². The van der Waals surface area contributed by atoms with Gasteiger partial charge in [0.1, 0.15) is 11.5 Å². The van der Waals surface area contributed by atoms with E-state index in [-0.39, 0.29) is 5.56 Å². The van der Waals surface area contributed by atoms with Gasteiger partial charge in [-0.1, -0.05) is 6.07 Å². The van der Waals surface area contributed by atoms with Gasteiger partial charge in [-0.25, -0.2) is 9.97 Å². The predicted octanol–water partition coefficient (Wildman–Crippen LogP) is 2.17. The van der Waals surface area contributed by atoms with Gasteiger partial charge >= 0.3 is 0 Å². The molecule has 5 rings (SSSR count). The first-order valence-corrected chi connectivity index (χ1v) is 9.35. The largest absolute Gasteiger partial charge is 0.335 e. The summed E-state index contributed by atoms with van der Waals surface area (Å²) in [6.07, 6.45) is 5.34. The molecule has 1 fully saturated rings. The molecule has 4 heterocycles. The second-order valence-corrected chi connectivity index (χ2v) is 7.63. The van der Waals surface area contributed by atoms with Gasteiger partial charge in [-0.3, -0.25) is 14.1 Å². The molecule has 1 saturated carbocycles. The average molecular weight is 349 g/mol. The summed E-state index contributed by atoms with van der Waals surface area (Å²) < 4.78 is 3.93. The Kier molecular flexibility index (Phi) is 3.50. The maximum Gasteiger partial charge on any atom is 0.258 e. The third-order valence-corrected chi connectivity index (χ3v) is 5.64. The molecule has 134 valence electrons. The third kappa shape index (κ3) is 2.56. The number of aromatic nitrogens is 4. The molecule has 26 heavy (non-hydrogen) atoms. The van der Waals surface area contributed by atoms with Crippen molar-refractivity contribution in [3.63, 3.8) is 0 Å². The first kappa shape index (κ1) is 15.8. The van der Waals surface area contributed by atoms with Crippen LogP contribution in [0, 0.1) is 6.92 Å². The molecule has 6 nitrogen and oxygen atoms in total. The van der Waals surface area contributed by atoms with Gasteiger partial charge in [0.25, 0.3) is 5.56 Å². The smallest absolute Gasteiger partial charge is 0.258 e. The average Bonchev–Trinajstić information content (AvgIpc) is 3.41. The minimum absolute atomic E-state index is 0.0137. The Hall–Kier alpha value is -2.47. The highest BCUT2D eigenvalue weighted by Gasteiger charge is 2.31. The van der Waals surface area contributed by atoms with E-state index in [1.165, 1.54) is 30.1 Å². The number of rotatable bonds is 3. The van der Waals surface area contributed by atoms with Crippen molar-refractivity contribution in [2.75, 3.05) is 6.54 Å². The van der Waals surface area contributed by atoms with Crippen LogP contribution < -0.4 is 5.56 Å². The molecule has 0 atom stereocenters. The number of fused-ring (bicyclic) bond motifs is 2. The monoisotopic (exact) mass is 349 g/mol. The molecule has 0 spiro atoms. The highest BCUT2D eigenvalue weighted by Crippen LogP contribution is 2.40. The van der Waals surface area contributed by atoms with Gasteiger partial charge in [-0.05, 0) is 31.4 Å². The van der Waals surface area contributed by atoms with Crippen molar-refractivity contribution in [2.24, 2.45) is 7.05 Å². The minimum Gasteiger partial charge on any atom is -0.335 e. The van der Waals surface area contributed by atoms with Crippen LogP contribution in [0.2, 0.25) is 0 Å². The van der Waals surface area contributed by atoms with Crippen LogP contribution in [0.5, 0.6) is 0 Å². The molecule has 0 saturated heterocycles. The van der Waals surface area contributed by atoms with Gasteiger partial charge in [0.05, 0.1) is 11.4 Å². The second-order valence-electron chi connectivity index (χ2n) is 7.63. The molecule has 0 amide bonds. The van der Waals surface area contributed by atoms with Gasteiger partial charge in [0, 0.05) is 57.0 Å². The molecule has 0 radical (unpaired) electrons. The summed E-state index contributed by atoms with van der Waals surface area (Å²) in [6.45, 7) is 4.50. The fourth-order valence-corrected chi connectivity index (χ4v) is 4.06. The fraction of sp³-hybridized carbons (Fsp3) is 0.450. The van der Waals surface area contributed by atoms with Crippen LogP contribution in [0.1, 0.15) is 47.2 Å². The number of imidazole rings is 1. The van der Waals surface area contributed by atoms with Crippen LogP contribution in [0.3, 0.4) is 0 Å². The third-order valence-electron chi connectivity index (χ3n) is 5.64. The van der Waals surface area contributed by atoms with Crippen LogP contribution in [0.25, 0.3) is 5.65 Å². The standard InChI is InChI=1S/C20H23N5O/c1-13-4-3-8-25-18(26)10-15(21-19(13)25)11-24-9-7-17-16(12-24)22-20(23(17)2)14-5-6-14/h3-4,8,10,14H,5-7,9,11-12H2,1-2H3. The summed E-state index contributed by atoms with van der Waals surface area (Å²) in [5.74, 6) is 1.93. The maximum atomic E-state index is 12.4. The van der Waals surface area contributed by atoms with Crippen LogP contribution >= 0.6 is 0 Å². The van der Waals surface area contributed by atoms with E-state index in [0.29, 0.717) is 12.5 Å². The number of nitrogens with zero attached hydrogens (tertiary/aromatic N) is 5. The molecular formula is C20H23N5O. The van der Waals surface area contributed by atoms with Gasteiger partial charge < -0.3 is 4.57 Å². The van der Waals surface area contributed by atoms with E-state index >= 15 is 0 Å². The van der Waals surface area contributed by atoms with Crippen molar-refractivity contribution in [2.45, 2.75) is 45.2 Å². The van der Waals surface area contributed by atoms with Gasteiger partial charge in [-0.15, -0.1) is 0 Å². The van der Waals surface area contributed by atoms with Crippen molar-refractivity contribution >= 4 is 5.65 Å². The SMILES string of the molecule is Cc1cccn2c(=O)cc(CN3CCc4c(nc(C5CC5)n4C)C3)nc12. The molecule has 0 N–H and O–H groups in total. The molecule has 6 heteroatoms. The minimum atomic E-state index is -0.0137. The first-order chi connectivity index (χ1) is 12.6. The molecule has 1 aliphatic carbocycles. The zero-order valence-corrected chi connectivity index (χ0v) is 15.3.